The third kappa shape index (κ3) is 4.71. The van der Waals surface area contributed by atoms with Crippen LogP contribution < -0.4 is 9.64 Å². The lowest BCUT2D eigenvalue weighted by molar-refractivity contribution is 0.100. The molecule has 4 nitrogen and oxygen atoms in total. The third-order valence-corrected chi connectivity index (χ3v) is 4.57. The smallest absolute Gasteiger partial charge is 0.263 e. The van der Waals surface area contributed by atoms with E-state index in [2.05, 4.69) is 4.99 Å². The Kier molecular flexibility index (Phi) is 6.34. The van der Waals surface area contributed by atoms with Gasteiger partial charge in [-0.3, -0.25) is 9.69 Å². The number of carbonyl (C=O) groups excluding carboxylic acids is 1. The summed E-state index contributed by atoms with van der Waals surface area (Å²) in [5.74, 6) is 1.01. The molecule has 6 heteroatoms. The lowest BCUT2D eigenvalue weighted by Gasteiger charge is -2.23. The molecule has 0 heterocycles. The first kappa shape index (κ1) is 19.9. The van der Waals surface area contributed by atoms with Crippen LogP contribution in [0.4, 0.5) is 11.4 Å². The van der Waals surface area contributed by atoms with E-state index in [1.807, 2.05) is 12.1 Å². The van der Waals surface area contributed by atoms with E-state index >= 15 is 0 Å². The van der Waals surface area contributed by atoms with Gasteiger partial charge in [-0.1, -0.05) is 23.2 Å². The number of anilines is 1. The molecule has 3 rings (SSSR count). The van der Waals surface area contributed by atoms with E-state index in [1.54, 1.807) is 79.6 Å². The Morgan fingerprint density at radius 3 is 1.93 bits per heavy atom. The zero-order valence-corrected chi connectivity index (χ0v) is 16.9. The van der Waals surface area contributed by atoms with Crippen molar-refractivity contribution in [1.29, 1.82) is 0 Å². The number of amidine groups is 1. The number of ether oxygens (including phenoxy) is 1. The van der Waals surface area contributed by atoms with Gasteiger partial charge in [-0.15, -0.1) is 0 Å². The second kappa shape index (κ2) is 8.91. The summed E-state index contributed by atoms with van der Waals surface area (Å²) in [6.07, 6.45) is 0. The molecule has 3 aromatic carbocycles. The van der Waals surface area contributed by atoms with Crippen LogP contribution in [0.5, 0.6) is 5.75 Å². The minimum absolute atomic E-state index is 0.211. The Labute approximate surface area is 174 Å². The number of amides is 1. The fourth-order valence-corrected chi connectivity index (χ4v) is 2.91. The van der Waals surface area contributed by atoms with Gasteiger partial charge in [0.2, 0.25) is 0 Å². The van der Waals surface area contributed by atoms with Crippen LogP contribution in [0.25, 0.3) is 0 Å². The van der Waals surface area contributed by atoms with Crippen LogP contribution in [-0.2, 0) is 0 Å². The molecule has 3 aromatic rings. The first-order valence-corrected chi connectivity index (χ1v) is 9.28. The molecule has 28 heavy (non-hydrogen) atoms. The maximum absolute atomic E-state index is 13.2. The highest BCUT2D eigenvalue weighted by Crippen LogP contribution is 2.24. The molecular weight excluding hydrogens is 395 g/mol. The maximum Gasteiger partial charge on any atom is 0.263 e. The molecule has 0 atom stereocenters. The standard InChI is InChI=1S/C22H18Cl2N2O2/c1-15(25-19-9-7-18(24)8-10-19)26(20-11-13-21(28-2)14-12-20)22(27)16-3-5-17(23)6-4-16/h3-14H,1-2H3. The van der Waals surface area contributed by atoms with Gasteiger partial charge in [0.15, 0.2) is 0 Å². The van der Waals surface area contributed by atoms with E-state index in [-0.39, 0.29) is 5.91 Å². The normalized spacial score (nSPS) is 11.2. The molecule has 0 bridgehead atoms. The van der Waals surface area contributed by atoms with Crippen LogP contribution in [0.15, 0.2) is 77.8 Å². The number of benzene rings is 3. The van der Waals surface area contributed by atoms with Crippen LogP contribution in [0.2, 0.25) is 10.0 Å². The lowest BCUT2D eigenvalue weighted by atomic mass is 10.1. The van der Waals surface area contributed by atoms with Crippen molar-refractivity contribution in [3.05, 3.63) is 88.4 Å². The number of nitrogens with zero attached hydrogens (tertiary/aromatic N) is 2. The number of hydrogen-bond donors (Lipinski definition) is 0. The van der Waals surface area contributed by atoms with E-state index in [4.69, 9.17) is 27.9 Å². The zero-order valence-electron chi connectivity index (χ0n) is 15.4. The predicted octanol–water partition coefficient (Wildman–Crippen LogP) is 6.40. The summed E-state index contributed by atoms with van der Waals surface area (Å²) >= 11 is 11.9. The molecule has 0 N–H and O–H groups in total. The van der Waals surface area contributed by atoms with Crippen LogP contribution in [0, 0.1) is 0 Å². The molecule has 0 aliphatic carbocycles. The van der Waals surface area contributed by atoms with Gasteiger partial charge in [-0.25, -0.2) is 4.99 Å². The Hall–Kier alpha value is -2.82. The second-order valence-corrected chi connectivity index (χ2v) is 6.85. The highest BCUT2D eigenvalue weighted by molar-refractivity contribution is 6.31. The molecule has 0 radical (unpaired) electrons. The molecule has 0 fully saturated rings. The van der Waals surface area contributed by atoms with Crippen LogP contribution in [0.3, 0.4) is 0 Å². The molecule has 0 saturated carbocycles. The van der Waals surface area contributed by atoms with E-state index in [0.717, 1.165) is 0 Å². The summed E-state index contributed by atoms with van der Waals surface area (Å²) in [4.78, 5) is 19.4. The summed E-state index contributed by atoms with van der Waals surface area (Å²) < 4.78 is 5.21. The zero-order chi connectivity index (χ0) is 20.1. The molecule has 142 valence electrons. The first-order valence-electron chi connectivity index (χ1n) is 8.53. The Balaban J connectivity index is 2.03. The molecular formula is C22H18Cl2N2O2. The first-order chi connectivity index (χ1) is 13.5. The Morgan fingerprint density at radius 2 is 1.39 bits per heavy atom. The summed E-state index contributed by atoms with van der Waals surface area (Å²) in [7, 11) is 1.60. The quantitative estimate of drug-likeness (QED) is 0.367. The fraction of sp³-hybridized carbons (Fsp3) is 0.0909. The average Bonchev–Trinajstić information content (AvgIpc) is 2.71. The highest BCUT2D eigenvalue weighted by Gasteiger charge is 2.21. The van der Waals surface area contributed by atoms with Crippen molar-refractivity contribution in [2.75, 3.05) is 12.0 Å². The molecule has 0 unspecified atom stereocenters. The Bertz CT molecular complexity index is 983. The fourth-order valence-electron chi connectivity index (χ4n) is 2.66. The van der Waals surface area contributed by atoms with Crippen molar-refractivity contribution in [1.82, 2.24) is 0 Å². The topological polar surface area (TPSA) is 41.9 Å². The van der Waals surface area contributed by atoms with Crippen molar-refractivity contribution < 1.29 is 9.53 Å². The van der Waals surface area contributed by atoms with Gasteiger partial charge in [0.25, 0.3) is 5.91 Å². The summed E-state index contributed by atoms with van der Waals surface area (Å²) in [6, 6.07) is 21.1. The third-order valence-electron chi connectivity index (χ3n) is 4.07. The monoisotopic (exact) mass is 412 g/mol. The largest absolute Gasteiger partial charge is 0.497 e. The number of aliphatic imine (C=N–C) groups is 1. The van der Waals surface area contributed by atoms with Crippen molar-refractivity contribution in [2.24, 2.45) is 4.99 Å². The summed E-state index contributed by atoms with van der Waals surface area (Å²) in [6.45, 7) is 1.78. The number of methoxy groups -OCH3 is 1. The minimum Gasteiger partial charge on any atom is -0.497 e. The van der Waals surface area contributed by atoms with E-state index in [9.17, 15) is 4.79 Å². The van der Waals surface area contributed by atoms with Crippen molar-refractivity contribution in [2.45, 2.75) is 6.92 Å². The van der Waals surface area contributed by atoms with E-state index in [1.165, 1.54) is 0 Å². The molecule has 0 spiro atoms. The van der Waals surface area contributed by atoms with E-state index in [0.29, 0.717) is 38.6 Å². The maximum atomic E-state index is 13.2. The number of carbonyl (C=O) groups is 1. The molecule has 0 saturated heterocycles. The van der Waals surface area contributed by atoms with Crippen molar-refractivity contribution in [3.8, 4) is 5.75 Å². The number of halogens is 2. The van der Waals surface area contributed by atoms with Gasteiger partial charge < -0.3 is 4.74 Å². The molecule has 0 aliphatic heterocycles. The second-order valence-electron chi connectivity index (χ2n) is 5.98. The van der Waals surface area contributed by atoms with Gasteiger partial charge in [-0.2, -0.15) is 0 Å². The Morgan fingerprint density at radius 1 is 0.857 bits per heavy atom. The van der Waals surface area contributed by atoms with Crippen LogP contribution in [-0.4, -0.2) is 18.9 Å². The van der Waals surface area contributed by atoms with Crippen molar-refractivity contribution in [3.63, 3.8) is 0 Å². The molecule has 0 aliphatic rings. The predicted molar refractivity (Wildman–Crippen MR) is 115 cm³/mol. The lowest BCUT2D eigenvalue weighted by Crippen LogP contribution is -2.35. The van der Waals surface area contributed by atoms with Gasteiger partial charge in [0.1, 0.15) is 11.6 Å². The van der Waals surface area contributed by atoms with Crippen LogP contribution >= 0.6 is 23.2 Å². The molecule has 1 amide bonds. The van der Waals surface area contributed by atoms with Crippen LogP contribution in [0.1, 0.15) is 17.3 Å². The number of hydrogen-bond acceptors (Lipinski definition) is 3. The summed E-state index contributed by atoms with van der Waals surface area (Å²) in [5.41, 5.74) is 1.88. The minimum atomic E-state index is -0.211. The van der Waals surface area contributed by atoms with Gasteiger partial charge in [0.05, 0.1) is 18.5 Å². The molecule has 0 aromatic heterocycles. The van der Waals surface area contributed by atoms with Crippen molar-refractivity contribution >= 4 is 46.3 Å². The highest BCUT2D eigenvalue weighted by atomic mass is 35.5. The van der Waals surface area contributed by atoms with Gasteiger partial charge in [-0.05, 0) is 79.7 Å². The van der Waals surface area contributed by atoms with E-state index < -0.39 is 0 Å². The SMILES string of the molecule is COc1ccc(N(C(=O)c2ccc(Cl)cc2)C(C)=Nc2ccc(Cl)cc2)cc1. The number of rotatable bonds is 4. The average molecular weight is 413 g/mol. The van der Waals surface area contributed by atoms with Gasteiger partial charge >= 0.3 is 0 Å². The van der Waals surface area contributed by atoms with Gasteiger partial charge in [0, 0.05) is 15.6 Å². The summed E-state index contributed by atoms with van der Waals surface area (Å²) in [5, 5.41) is 1.19.